The normalized spacial score (nSPS) is 11.6. The average Bonchev–Trinajstić information content (AvgIpc) is 2.87. The van der Waals surface area contributed by atoms with Crippen molar-refractivity contribution < 1.29 is 13.2 Å². The molecule has 0 radical (unpaired) electrons. The Balaban J connectivity index is 1.95. The lowest BCUT2D eigenvalue weighted by atomic mass is 10.2. The summed E-state index contributed by atoms with van der Waals surface area (Å²) >= 11 is 5.90. The first kappa shape index (κ1) is 15.5. The molecule has 0 spiro atoms. The first-order valence-corrected chi connectivity index (χ1v) is 8.87. The zero-order valence-electron chi connectivity index (χ0n) is 12.0. The van der Waals surface area contributed by atoms with E-state index in [9.17, 15) is 13.2 Å². The van der Waals surface area contributed by atoms with Gasteiger partial charge in [0.05, 0.1) is 21.5 Å². The molecule has 0 aliphatic carbocycles. The van der Waals surface area contributed by atoms with Crippen LogP contribution in [-0.2, 0) is 9.84 Å². The molecule has 6 nitrogen and oxygen atoms in total. The second-order valence-corrected chi connectivity index (χ2v) is 7.39. The Morgan fingerprint density at radius 1 is 1.22 bits per heavy atom. The third-order valence-corrected chi connectivity index (χ3v) is 4.60. The van der Waals surface area contributed by atoms with Gasteiger partial charge in [-0.15, -0.1) is 0 Å². The molecular formula is C15H12ClN3O3S. The molecule has 23 heavy (non-hydrogen) atoms. The summed E-state index contributed by atoms with van der Waals surface area (Å²) in [4.78, 5) is 19.5. The zero-order valence-corrected chi connectivity index (χ0v) is 13.6. The number of fused-ring (bicyclic) bond motifs is 1. The number of aromatic amines is 1. The molecule has 8 heteroatoms. The van der Waals surface area contributed by atoms with Gasteiger partial charge in [-0.05, 0) is 30.3 Å². The topological polar surface area (TPSA) is 91.9 Å². The van der Waals surface area contributed by atoms with Crippen LogP contribution in [0, 0.1) is 0 Å². The number of halogens is 1. The molecule has 0 aliphatic heterocycles. The number of carbonyl (C=O) groups excluding carboxylic acids is 1. The van der Waals surface area contributed by atoms with E-state index in [4.69, 9.17) is 11.6 Å². The number of nitrogens with zero attached hydrogens (tertiary/aromatic N) is 1. The number of sulfone groups is 1. The Labute approximate surface area is 137 Å². The Bertz CT molecular complexity index is 1010. The van der Waals surface area contributed by atoms with Crippen LogP contribution in [0.2, 0.25) is 5.02 Å². The number of H-pyrrole nitrogens is 1. The lowest BCUT2D eigenvalue weighted by Gasteiger charge is -2.06. The standard InChI is InChI=1S/C15H12ClN3O3S/c1-23(21,22)13-5-3-2-4-10(13)14(20)19-15-17-11-7-6-9(16)8-12(11)18-15/h2-8H,1H3,(H2,17,18,19,20). The fourth-order valence-corrected chi connectivity index (χ4v) is 3.25. The number of hydrogen-bond acceptors (Lipinski definition) is 4. The molecular weight excluding hydrogens is 338 g/mol. The van der Waals surface area contributed by atoms with Gasteiger partial charge in [0.15, 0.2) is 9.84 Å². The summed E-state index contributed by atoms with van der Waals surface area (Å²) in [6.45, 7) is 0. The van der Waals surface area contributed by atoms with E-state index in [1.807, 2.05) is 0 Å². The molecule has 3 aromatic rings. The molecule has 0 saturated heterocycles. The third kappa shape index (κ3) is 3.20. The Morgan fingerprint density at radius 3 is 2.70 bits per heavy atom. The van der Waals surface area contributed by atoms with Crippen molar-refractivity contribution in [3.05, 3.63) is 53.1 Å². The fraction of sp³-hybridized carbons (Fsp3) is 0.0667. The minimum atomic E-state index is -3.51. The van der Waals surface area contributed by atoms with Crippen molar-refractivity contribution in [3.63, 3.8) is 0 Å². The number of benzene rings is 2. The summed E-state index contributed by atoms with van der Waals surface area (Å²) < 4.78 is 23.5. The zero-order chi connectivity index (χ0) is 16.6. The van der Waals surface area contributed by atoms with Crippen LogP contribution in [0.3, 0.4) is 0 Å². The highest BCUT2D eigenvalue weighted by molar-refractivity contribution is 7.90. The number of rotatable bonds is 3. The summed E-state index contributed by atoms with van der Waals surface area (Å²) in [6.07, 6.45) is 1.06. The highest BCUT2D eigenvalue weighted by Crippen LogP contribution is 2.20. The summed E-state index contributed by atoms with van der Waals surface area (Å²) in [6, 6.07) is 11.1. The maximum absolute atomic E-state index is 12.4. The van der Waals surface area contributed by atoms with E-state index >= 15 is 0 Å². The van der Waals surface area contributed by atoms with Crippen LogP contribution in [0.5, 0.6) is 0 Å². The molecule has 0 saturated carbocycles. The highest BCUT2D eigenvalue weighted by atomic mass is 35.5. The van der Waals surface area contributed by atoms with Crippen LogP contribution in [0.1, 0.15) is 10.4 Å². The number of carbonyl (C=O) groups is 1. The van der Waals surface area contributed by atoms with E-state index in [0.717, 1.165) is 6.26 Å². The minimum absolute atomic E-state index is 0.0309. The molecule has 3 rings (SSSR count). The minimum Gasteiger partial charge on any atom is -0.324 e. The van der Waals surface area contributed by atoms with Crippen LogP contribution in [-0.4, -0.2) is 30.5 Å². The molecule has 1 aromatic heterocycles. The van der Waals surface area contributed by atoms with Gasteiger partial charge in [-0.25, -0.2) is 13.4 Å². The number of hydrogen-bond donors (Lipinski definition) is 2. The Morgan fingerprint density at radius 2 is 1.96 bits per heavy atom. The molecule has 0 aliphatic rings. The molecule has 1 heterocycles. The van der Waals surface area contributed by atoms with Crippen molar-refractivity contribution in [1.29, 1.82) is 0 Å². The van der Waals surface area contributed by atoms with E-state index in [1.165, 1.54) is 12.1 Å². The molecule has 2 aromatic carbocycles. The van der Waals surface area contributed by atoms with Crippen molar-refractivity contribution in [2.24, 2.45) is 0 Å². The molecule has 0 atom stereocenters. The van der Waals surface area contributed by atoms with Crippen molar-refractivity contribution in [2.75, 3.05) is 11.6 Å². The maximum Gasteiger partial charge on any atom is 0.259 e. The molecule has 0 fully saturated rings. The fourth-order valence-electron chi connectivity index (χ4n) is 2.19. The molecule has 1 amide bonds. The van der Waals surface area contributed by atoms with Crippen molar-refractivity contribution in [2.45, 2.75) is 4.90 Å². The quantitative estimate of drug-likeness (QED) is 0.760. The van der Waals surface area contributed by atoms with Gasteiger partial charge in [0.1, 0.15) is 0 Å². The van der Waals surface area contributed by atoms with E-state index in [2.05, 4.69) is 15.3 Å². The number of aromatic nitrogens is 2. The molecule has 2 N–H and O–H groups in total. The second-order valence-electron chi connectivity index (χ2n) is 4.97. The molecule has 0 bridgehead atoms. The van der Waals surface area contributed by atoms with E-state index in [1.54, 1.807) is 30.3 Å². The highest BCUT2D eigenvalue weighted by Gasteiger charge is 2.19. The first-order valence-electron chi connectivity index (χ1n) is 6.60. The number of amides is 1. The van der Waals surface area contributed by atoms with Crippen LogP contribution >= 0.6 is 11.6 Å². The van der Waals surface area contributed by atoms with Crippen LogP contribution in [0.25, 0.3) is 11.0 Å². The van der Waals surface area contributed by atoms with Gasteiger partial charge in [0.25, 0.3) is 5.91 Å². The third-order valence-electron chi connectivity index (χ3n) is 3.21. The SMILES string of the molecule is CS(=O)(=O)c1ccccc1C(=O)Nc1nc2ccc(Cl)cc2[nH]1. The first-order chi connectivity index (χ1) is 10.8. The van der Waals surface area contributed by atoms with Gasteiger partial charge in [-0.1, -0.05) is 23.7 Å². The summed E-state index contributed by atoms with van der Waals surface area (Å²) in [7, 11) is -3.51. The summed E-state index contributed by atoms with van der Waals surface area (Å²) in [5.74, 6) is -0.341. The van der Waals surface area contributed by atoms with E-state index < -0.39 is 15.7 Å². The van der Waals surface area contributed by atoms with Gasteiger partial charge < -0.3 is 4.98 Å². The van der Waals surface area contributed by atoms with Gasteiger partial charge >= 0.3 is 0 Å². The van der Waals surface area contributed by atoms with Gasteiger partial charge in [0.2, 0.25) is 5.95 Å². The van der Waals surface area contributed by atoms with E-state index in [0.29, 0.717) is 16.1 Å². The van der Waals surface area contributed by atoms with Gasteiger partial charge in [-0.2, -0.15) is 0 Å². The molecule has 0 unspecified atom stereocenters. The average molecular weight is 350 g/mol. The van der Waals surface area contributed by atoms with Gasteiger partial charge in [-0.3, -0.25) is 10.1 Å². The van der Waals surface area contributed by atoms with E-state index in [-0.39, 0.29) is 16.4 Å². The lowest BCUT2D eigenvalue weighted by molar-refractivity contribution is 0.102. The Kier molecular flexibility index (Phi) is 3.83. The Hall–Kier alpha value is -2.38. The second kappa shape index (κ2) is 5.68. The monoisotopic (exact) mass is 349 g/mol. The predicted molar refractivity (Wildman–Crippen MR) is 88.6 cm³/mol. The van der Waals surface area contributed by atoms with Crippen LogP contribution in [0.15, 0.2) is 47.4 Å². The summed E-state index contributed by atoms with van der Waals surface area (Å²) in [5, 5.41) is 3.11. The largest absolute Gasteiger partial charge is 0.324 e. The number of nitrogens with one attached hydrogen (secondary N) is 2. The van der Waals surface area contributed by atoms with Crippen molar-refractivity contribution in [3.8, 4) is 0 Å². The molecule has 118 valence electrons. The van der Waals surface area contributed by atoms with Gasteiger partial charge in [0, 0.05) is 11.3 Å². The number of anilines is 1. The summed E-state index contributed by atoms with van der Waals surface area (Å²) in [5.41, 5.74) is 1.37. The smallest absolute Gasteiger partial charge is 0.259 e. The number of imidazole rings is 1. The predicted octanol–water partition coefficient (Wildman–Crippen LogP) is 2.87. The van der Waals surface area contributed by atoms with Crippen molar-refractivity contribution >= 4 is 44.3 Å². The van der Waals surface area contributed by atoms with Crippen LogP contribution in [0.4, 0.5) is 5.95 Å². The van der Waals surface area contributed by atoms with Crippen LogP contribution < -0.4 is 5.32 Å². The maximum atomic E-state index is 12.4. The lowest BCUT2D eigenvalue weighted by Crippen LogP contribution is -2.16. The van der Waals surface area contributed by atoms with Crippen molar-refractivity contribution in [1.82, 2.24) is 9.97 Å².